The number of nitrogens with one attached hydrogen (secondary N) is 2. The third-order valence-electron chi connectivity index (χ3n) is 3.04. The quantitative estimate of drug-likeness (QED) is 0.640. The van der Waals surface area contributed by atoms with Crippen molar-refractivity contribution < 1.29 is 14.7 Å². The minimum Gasteiger partial charge on any atom is -0.480 e. The molecule has 0 saturated heterocycles. The maximum absolute atomic E-state index is 11.6. The Kier molecular flexibility index (Phi) is 7.34. The van der Waals surface area contributed by atoms with Gasteiger partial charge < -0.3 is 15.7 Å². The summed E-state index contributed by atoms with van der Waals surface area (Å²) in [6, 6.07) is -1.17. The molecule has 100 valence electrons. The lowest BCUT2D eigenvalue weighted by atomic mass is 10.0. The highest BCUT2D eigenvalue weighted by Crippen LogP contribution is 2.06. The molecule has 0 aliphatic heterocycles. The van der Waals surface area contributed by atoms with Crippen molar-refractivity contribution in [3.8, 4) is 0 Å². The van der Waals surface area contributed by atoms with Crippen LogP contribution in [0.1, 0.15) is 47.0 Å². The number of amides is 2. The summed E-state index contributed by atoms with van der Waals surface area (Å²) in [5.74, 6) is -0.617. The van der Waals surface area contributed by atoms with E-state index < -0.39 is 18.0 Å². The third-order valence-corrected chi connectivity index (χ3v) is 3.04. The summed E-state index contributed by atoms with van der Waals surface area (Å²) in [5, 5.41) is 14.1. The normalized spacial score (nSPS) is 15.8. The van der Waals surface area contributed by atoms with Crippen LogP contribution in [0, 0.1) is 5.92 Å². The molecule has 3 atom stereocenters. The zero-order chi connectivity index (χ0) is 13.4. The topological polar surface area (TPSA) is 78.4 Å². The van der Waals surface area contributed by atoms with Crippen molar-refractivity contribution in [3.63, 3.8) is 0 Å². The second-order valence-corrected chi connectivity index (χ2v) is 4.47. The smallest absolute Gasteiger partial charge is 0.326 e. The maximum atomic E-state index is 11.6. The molecule has 5 nitrogen and oxygen atoms in total. The summed E-state index contributed by atoms with van der Waals surface area (Å²) >= 11 is 0. The molecular formula is C12H24N2O3. The van der Waals surface area contributed by atoms with Gasteiger partial charge in [0.25, 0.3) is 0 Å². The van der Waals surface area contributed by atoms with Gasteiger partial charge in [-0.15, -0.1) is 0 Å². The van der Waals surface area contributed by atoms with Crippen LogP contribution in [-0.2, 0) is 4.79 Å². The van der Waals surface area contributed by atoms with E-state index in [0.717, 1.165) is 12.8 Å². The molecule has 0 bridgehead atoms. The fourth-order valence-electron chi connectivity index (χ4n) is 1.45. The fourth-order valence-corrected chi connectivity index (χ4v) is 1.45. The van der Waals surface area contributed by atoms with Crippen LogP contribution in [0.15, 0.2) is 0 Å². The standard InChI is InChI=1S/C12H24N2O3/c1-5-7-10(11(15)16)14-12(17)13-9(4)8(3)6-2/h8-10H,5-7H2,1-4H3,(H,15,16)(H2,13,14,17)/t8?,9?,10-/m1/s1. The first-order valence-corrected chi connectivity index (χ1v) is 6.22. The van der Waals surface area contributed by atoms with Crippen LogP contribution in [-0.4, -0.2) is 29.2 Å². The Morgan fingerprint density at radius 3 is 2.18 bits per heavy atom. The predicted molar refractivity (Wildman–Crippen MR) is 66.9 cm³/mol. The van der Waals surface area contributed by atoms with Crippen LogP contribution in [0.3, 0.4) is 0 Å². The highest BCUT2D eigenvalue weighted by Gasteiger charge is 2.20. The summed E-state index contributed by atoms with van der Waals surface area (Å²) in [6.45, 7) is 7.91. The number of hydrogen-bond acceptors (Lipinski definition) is 2. The Morgan fingerprint density at radius 2 is 1.76 bits per heavy atom. The molecule has 0 fully saturated rings. The van der Waals surface area contributed by atoms with Crippen LogP contribution >= 0.6 is 0 Å². The van der Waals surface area contributed by atoms with Crippen LogP contribution in [0.2, 0.25) is 0 Å². The van der Waals surface area contributed by atoms with Gasteiger partial charge in [-0.25, -0.2) is 9.59 Å². The van der Waals surface area contributed by atoms with Gasteiger partial charge in [0, 0.05) is 6.04 Å². The van der Waals surface area contributed by atoms with Crippen LogP contribution in [0.4, 0.5) is 4.79 Å². The zero-order valence-corrected chi connectivity index (χ0v) is 11.1. The average Bonchev–Trinajstić information content (AvgIpc) is 2.26. The van der Waals surface area contributed by atoms with Crippen LogP contribution in [0.25, 0.3) is 0 Å². The van der Waals surface area contributed by atoms with E-state index in [9.17, 15) is 9.59 Å². The molecule has 0 heterocycles. The SMILES string of the molecule is CCC[C@@H](NC(=O)NC(C)C(C)CC)C(=O)O. The van der Waals surface area contributed by atoms with Gasteiger partial charge >= 0.3 is 12.0 Å². The molecule has 0 saturated carbocycles. The third kappa shape index (κ3) is 6.14. The van der Waals surface area contributed by atoms with Gasteiger partial charge in [0.05, 0.1) is 0 Å². The molecule has 0 rings (SSSR count). The molecule has 0 aromatic rings. The number of aliphatic carboxylic acids is 1. The summed E-state index contributed by atoms with van der Waals surface area (Å²) in [6.07, 6.45) is 2.14. The van der Waals surface area contributed by atoms with Crippen molar-refractivity contribution in [2.24, 2.45) is 5.92 Å². The van der Waals surface area contributed by atoms with Crippen LogP contribution in [0.5, 0.6) is 0 Å². The molecule has 2 unspecified atom stereocenters. The van der Waals surface area contributed by atoms with E-state index in [0.29, 0.717) is 12.3 Å². The van der Waals surface area contributed by atoms with E-state index in [-0.39, 0.29) is 6.04 Å². The number of carboxylic acids is 1. The molecule has 5 heteroatoms. The first-order chi connectivity index (χ1) is 7.92. The molecule has 2 amide bonds. The molecule has 3 N–H and O–H groups in total. The van der Waals surface area contributed by atoms with Crippen LogP contribution < -0.4 is 10.6 Å². The monoisotopic (exact) mass is 244 g/mol. The van der Waals surface area contributed by atoms with Gasteiger partial charge in [0.2, 0.25) is 0 Å². The number of carboxylic acid groups (broad SMARTS) is 1. The molecule has 0 aromatic heterocycles. The van der Waals surface area contributed by atoms with Crippen molar-refractivity contribution in [3.05, 3.63) is 0 Å². The van der Waals surface area contributed by atoms with Gasteiger partial charge in [-0.2, -0.15) is 0 Å². The summed E-state index contributed by atoms with van der Waals surface area (Å²) in [7, 11) is 0. The van der Waals surface area contributed by atoms with Crippen molar-refractivity contribution in [1.82, 2.24) is 10.6 Å². The van der Waals surface area contributed by atoms with E-state index in [4.69, 9.17) is 5.11 Å². The average molecular weight is 244 g/mol. The highest BCUT2D eigenvalue weighted by atomic mass is 16.4. The lowest BCUT2D eigenvalue weighted by molar-refractivity contribution is -0.139. The lowest BCUT2D eigenvalue weighted by Crippen LogP contribution is -2.49. The number of carbonyl (C=O) groups is 2. The number of rotatable bonds is 7. The van der Waals surface area contributed by atoms with Crippen molar-refractivity contribution in [2.75, 3.05) is 0 Å². The Balaban J connectivity index is 4.18. The van der Waals surface area contributed by atoms with Gasteiger partial charge in [0.15, 0.2) is 0 Å². The Labute approximate surface area is 103 Å². The first kappa shape index (κ1) is 15.7. The number of hydrogen-bond donors (Lipinski definition) is 3. The van der Waals surface area contributed by atoms with E-state index >= 15 is 0 Å². The predicted octanol–water partition coefficient (Wildman–Crippen LogP) is 1.97. The van der Waals surface area contributed by atoms with E-state index in [1.54, 1.807) is 0 Å². The molecule has 0 aliphatic rings. The molecule has 0 aromatic carbocycles. The lowest BCUT2D eigenvalue weighted by Gasteiger charge is -2.21. The van der Waals surface area contributed by atoms with Crippen molar-refractivity contribution >= 4 is 12.0 Å². The summed E-state index contributed by atoms with van der Waals surface area (Å²) in [4.78, 5) is 22.4. The maximum Gasteiger partial charge on any atom is 0.326 e. The second kappa shape index (κ2) is 7.92. The van der Waals surface area contributed by atoms with E-state index in [2.05, 4.69) is 17.6 Å². The summed E-state index contributed by atoms with van der Waals surface area (Å²) in [5.41, 5.74) is 0. The molecule has 17 heavy (non-hydrogen) atoms. The van der Waals surface area contributed by atoms with Crippen molar-refractivity contribution in [1.29, 1.82) is 0 Å². The number of urea groups is 1. The Bertz CT molecular complexity index is 256. The second-order valence-electron chi connectivity index (χ2n) is 4.47. The summed E-state index contributed by atoms with van der Waals surface area (Å²) < 4.78 is 0. The van der Waals surface area contributed by atoms with Gasteiger partial charge in [-0.1, -0.05) is 33.6 Å². The molecule has 0 aliphatic carbocycles. The minimum absolute atomic E-state index is 0.0380. The zero-order valence-electron chi connectivity index (χ0n) is 11.1. The van der Waals surface area contributed by atoms with Gasteiger partial charge in [-0.05, 0) is 19.3 Å². The van der Waals surface area contributed by atoms with E-state index in [1.807, 2.05) is 20.8 Å². The largest absolute Gasteiger partial charge is 0.480 e. The molecule has 0 radical (unpaired) electrons. The molecular weight excluding hydrogens is 220 g/mol. The highest BCUT2D eigenvalue weighted by molar-refractivity contribution is 5.82. The Morgan fingerprint density at radius 1 is 1.18 bits per heavy atom. The van der Waals surface area contributed by atoms with E-state index in [1.165, 1.54) is 0 Å². The van der Waals surface area contributed by atoms with Gasteiger partial charge in [0.1, 0.15) is 6.04 Å². The molecule has 0 spiro atoms. The minimum atomic E-state index is -0.988. The van der Waals surface area contributed by atoms with Crippen molar-refractivity contribution in [2.45, 2.75) is 59.0 Å². The number of carbonyl (C=O) groups excluding carboxylic acids is 1. The Hall–Kier alpha value is -1.26. The van der Waals surface area contributed by atoms with Gasteiger partial charge in [-0.3, -0.25) is 0 Å². The fraction of sp³-hybridized carbons (Fsp3) is 0.833. The first-order valence-electron chi connectivity index (χ1n) is 6.22.